The summed E-state index contributed by atoms with van der Waals surface area (Å²) in [5.41, 5.74) is -0.451. The standard InChI is InChI=1S/C14H24N2O5/c1-20-14(5-7-21-10-14)9-15-13(19)16-6-3-2-4-11(16)8-12(17)18/h11H,2-10H2,1H3,(H,15,19)(H,17,18). The van der Waals surface area contributed by atoms with Gasteiger partial charge in [0, 0.05) is 32.7 Å². The number of amides is 2. The van der Waals surface area contributed by atoms with Crippen molar-refractivity contribution in [3.05, 3.63) is 0 Å². The number of hydrogen-bond donors (Lipinski definition) is 2. The molecule has 120 valence electrons. The minimum absolute atomic E-state index is 0.00590. The van der Waals surface area contributed by atoms with E-state index in [1.807, 2.05) is 0 Å². The molecule has 2 unspecified atom stereocenters. The van der Waals surface area contributed by atoms with Gasteiger partial charge in [0.25, 0.3) is 0 Å². The second-order valence-corrected chi connectivity index (χ2v) is 5.79. The zero-order valence-corrected chi connectivity index (χ0v) is 12.5. The highest BCUT2D eigenvalue weighted by molar-refractivity contribution is 5.76. The normalized spacial score (nSPS) is 29.4. The smallest absolute Gasteiger partial charge is 0.317 e. The lowest BCUT2D eigenvalue weighted by molar-refractivity contribution is -0.138. The van der Waals surface area contributed by atoms with Crippen LogP contribution in [0.25, 0.3) is 0 Å². The summed E-state index contributed by atoms with van der Waals surface area (Å²) in [5.74, 6) is -0.864. The van der Waals surface area contributed by atoms with Crippen molar-refractivity contribution < 1.29 is 24.2 Å². The average molecular weight is 300 g/mol. The summed E-state index contributed by atoms with van der Waals surface area (Å²) in [6, 6.07) is -0.418. The number of rotatable bonds is 5. The number of nitrogens with one attached hydrogen (secondary N) is 1. The Bertz CT molecular complexity index is 382. The first-order valence-electron chi connectivity index (χ1n) is 7.45. The van der Waals surface area contributed by atoms with E-state index in [-0.39, 0.29) is 18.5 Å². The number of aliphatic carboxylic acids is 1. The molecule has 0 spiro atoms. The molecular weight excluding hydrogens is 276 g/mol. The zero-order chi connectivity index (χ0) is 15.3. The monoisotopic (exact) mass is 300 g/mol. The van der Waals surface area contributed by atoms with Crippen LogP contribution >= 0.6 is 0 Å². The number of hydrogen-bond acceptors (Lipinski definition) is 4. The molecule has 2 aliphatic rings. The molecule has 2 atom stereocenters. The summed E-state index contributed by atoms with van der Waals surface area (Å²) in [5, 5.41) is 11.8. The molecule has 0 aromatic rings. The number of carbonyl (C=O) groups excluding carboxylic acids is 1. The first-order valence-corrected chi connectivity index (χ1v) is 7.45. The number of carboxylic acids is 1. The Hall–Kier alpha value is -1.34. The minimum Gasteiger partial charge on any atom is -0.481 e. The first-order chi connectivity index (χ1) is 10.1. The second-order valence-electron chi connectivity index (χ2n) is 5.79. The molecule has 2 N–H and O–H groups in total. The molecule has 2 amide bonds. The zero-order valence-electron chi connectivity index (χ0n) is 12.5. The quantitative estimate of drug-likeness (QED) is 0.785. The van der Waals surface area contributed by atoms with Gasteiger partial charge in [0.15, 0.2) is 0 Å². The lowest BCUT2D eigenvalue weighted by atomic mass is 9.99. The van der Waals surface area contributed by atoms with Gasteiger partial charge in [-0.15, -0.1) is 0 Å². The van der Waals surface area contributed by atoms with E-state index >= 15 is 0 Å². The Kier molecular flexibility index (Phi) is 5.41. The maximum atomic E-state index is 12.3. The third kappa shape index (κ3) is 4.07. The van der Waals surface area contributed by atoms with Crippen LogP contribution in [0.1, 0.15) is 32.1 Å². The van der Waals surface area contributed by atoms with E-state index in [1.165, 1.54) is 0 Å². The molecule has 2 rings (SSSR count). The molecule has 2 fully saturated rings. The van der Waals surface area contributed by atoms with E-state index in [4.69, 9.17) is 14.6 Å². The van der Waals surface area contributed by atoms with Crippen LogP contribution in [-0.4, -0.2) is 67.1 Å². The minimum atomic E-state index is -0.864. The van der Waals surface area contributed by atoms with Crippen molar-refractivity contribution in [1.82, 2.24) is 10.2 Å². The number of nitrogens with zero attached hydrogens (tertiary/aromatic N) is 1. The van der Waals surface area contributed by atoms with Crippen LogP contribution in [0, 0.1) is 0 Å². The topological polar surface area (TPSA) is 88.1 Å². The molecule has 0 saturated carbocycles. The summed E-state index contributed by atoms with van der Waals surface area (Å²) in [6.07, 6.45) is 3.40. The Morgan fingerprint density at radius 1 is 1.48 bits per heavy atom. The molecule has 2 heterocycles. The maximum Gasteiger partial charge on any atom is 0.317 e. The van der Waals surface area contributed by atoms with Gasteiger partial charge in [-0.2, -0.15) is 0 Å². The van der Waals surface area contributed by atoms with Gasteiger partial charge in [-0.3, -0.25) is 4.79 Å². The average Bonchev–Trinajstić information content (AvgIpc) is 2.94. The van der Waals surface area contributed by atoms with Gasteiger partial charge in [-0.1, -0.05) is 0 Å². The predicted octanol–water partition coefficient (Wildman–Crippen LogP) is 0.831. The summed E-state index contributed by atoms with van der Waals surface area (Å²) in [6.45, 7) is 2.11. The van der Waals surface area contributed by atoms with Gasteiger partial charge in [0.1, 0.15) is 5.60 Å². The van der Waals surface area contributed by atoms with E-state index in [1.54, 1.807) is 12.0 Å². The number of carboxylic acid groups (broad SMARTS) is 1. The van der Waals surface area contributed by atoms with Gasteiger partial charge in [0.05, 0.1) is 19.6 Å². The molecule has 0 radical (unpaired) electrons. The van der Waals surface area contributed by atoms with Gasteiger partial charge in [-0.05, 0) is 19.3 Å². The summed E-state index contributed by atoms with van der Waals surface area (Å²) in [4.78, 5) is 24.9. The van der Waals surface area contributed by atoms with Crippen molar-refractivity contribution in [3.63, 3.8) is 0 Å². The van der Waals surface area contributed by atoms with Crippen LogP contribution in [-0.2, 0) is 14.3 Å². The Morgan fingerprint density at radius 3 is 2.90 bits per heavy atom. The van der Waals surface area contributed by atoms with Crippen molar-refractivity contribution in [2.75, 3.05) is 33.4 Å². The van der Waals surface area contributed by atoms with Gasteiger partial charge in [0.2, 0.25) is 0 Å². The predicted molar refractivity (Wildman–Crippen MR) is 75.2 cm³/mol. The third-order valence-electron chi connectivity index (χ3n) is 4.36. The molecular formula is C14H24N2O5. The number of ether oxygens (including phenoxy) is 2. The molecule has 2 saturated heterocycles. The van der Waals surface area contributed by atoms with E-state index in [9.17, 15) is 9.59 Å². The summed E-state index contributed by atoms with van der Waals surface area (Å²) < 4.78 is 10.8. The van der Waals surface area contributed by atoms with Gasteiger partial charge in [-0.25, -0.2) is 4.79 Å². The van der Waals surface area contributed by atoms with Crippen LogP contribution in [0.4, 0.5) is 4.79 Å². The molecule has 21 heavy (non-hydrogen) atoms. The second kappa shape index (κ2) is 7.09. The van der Waals surface area contributed by atoms with Crippen LogP contribution < -0.4 is 5.32 Å². The fourth-order valence-electron chi connectivity index (χ4n) is 2.98. The van der Waals surface area contributed by atoms with E-state index in [2.05, 4.69) is 5.32 Å². The maximum absolute atomic E-state index is 12.3. The lowest BCUT2D eigenvalue weighted by Gasteiger charge is -2.36. The molecule has 7 nitrogen and oxygen atoms in total. The highest BCUT2D eigenvalue weighted by atomic mass is 16.5. The lowest BCUT2D eigenvalue weighted by Crippen LogP contribution is -2.53. The highest BCUT2D eigenvalue weighted by Crippen LogP contribution is 2.23. The highest BCUT2D eigenvalue weighted by Gasteiger charge is 2.36. The molecule has 0 bridgehead atoms. The van der Waals surface area contributed by atoms with Crippen molar-refractivity contribution >= 4 is 12.0 Å². The van der Waals surface area contributed by atoms with Crippen LogP contribution in [0.2, 0.25) is 0 Å². The summed E-state index contributed by atoms with van der Waals surface area (Å²) in [7, 11) is 1.62. The Balaban J connectivity index is 1.89. The van der Waals surface area contributed by atoms with Gasteiger partial charge >= 0.3 is 12.0 Å². The number of carbonyl (C=O) groups is 2. The first kappa shape index (κ1) is 16.0. The van der Waals surface area contributed by atoms with Crippen LogP contribution in [0.5, 0.6) is 0 Å². The van der Waals surface area contributed by atoms with E-state index in [0.717, 1.165) is 25.7 Å². The molecule has 2 aliphatic heterocycles. The number of piperidine rings is 1. The van der Waals surface area contributed by atoms with Crippen LogP contribution in [0.3, 0.4) is 0 Å². The van der Waals surface area contributed by atoms with Crippen LogP contribution in [0.15, 0.2) is 0 Å². The SMILES string of the molecule is COC1(CNC(=O)N2CCCCC2CC(=O)O)CCOC1. The van der Waals surface area contributed by atoms with Crippen molar-refractivity contribution in [2.45, 2.75) is 43.7 Å². The fourth-order valence-corrected chi connectivity index (χ4v) is 2.98. The number of methoxy groups -OCH3 is 1. The van der Waals surface area contributed by atoms with E-state index in [0.29, 0.717) is 26.3 Å². The molecule has 0 aromatic heterocycles. The third-order valence-corrected chi connectivity index (χ3v) is 4.36. The number of urea groups is 1. The largest absolute Gasteiger partial charge is 0.481 e. The van der Waals surface area contributed by atoms with Crippen molar-refractivity contribution in [3.8, 4) is 0 Å². The molecule has 0 aromatic carbocycles. The Labute approximate surface area is 124 Å². The van der Waals surface area contributed by atoms with Gasteiger partial charge < -0.3 is 24.8 Å². The van der Waals surface area contributed by atoms with E-state index < -0.39 is 11.6 Å². The summed E-state index contributed by atoms with van der Waals surface area (Å²) >= 11 is 0. The molecule has 0 aliphatic carbocycles. The van der Waals surface area contributed by atoms with Crippen molar-refractivity contribution in [1.29, 1.82) is 0 Å². The molecule has 7 heteroatoms. The Morgan fingerprint density at radius 2 is 2.29 bits per heavy atom. The van der Waals surface area contributed by atoms with Crippen molar-refractivity contribution in [2.24, 2.45) is 0 Å². The number of likely N-dealkylation sites (tertiary alicyclic amines) is 1. The fraction of sp³-hybridized carbons (Fsp3) is 0.857.